The van der Waals surface area contributed by atoms with Crippen LogP contribution in [0.2, 0.25) is 0 Å². The number of rotatable bonds is 1. The maximum atomic E-state index is 9.12. The molecule has 0 bridgehead atoms. The van der Waals surface area contributed by atoms with E-state index in [2.05, 4.69) is 32.4 Å². The Morgan fingerprint density at radius 3 is 2.36 bits per heavy atom. The molecule has 0 amide bonds. The molecule has 0 atom stereocenters. The average Bonchev–Trinajstić information content (AvgIpc) is 2.14. The summed E-state index contributed by atoms with van der Waals surface area (Å²) < 4.78 is 0. The van der Waals surface area contributed by atoms with Crippen LogP contribution in [0.4, 0.5) is 0 Å². The van der Waals surface area contributed by atoms with E-state index in [0.717, 1.165) is 22.3 Å². The molecule has 0 saturated heterocycles. The molecule has 0 heterocycles. The highest BCUT2D eigenvalue weighted by Crippen LogP contribution is 2.16. The maximum absolute atomic E-state index is 9.12. The van der Waals surface area contributed by atoms with Crippen molar-refractivity contribution in [3.05, 3.63) is 34.4 Å². The van der Waals surface area contributed by atoms with E-state index in [0.29, 0.717) is 0 Å². The van der Waals surface area contributed by atoms with Gasteiger partial charge in [-0.2, -0.15) is 0 Å². The van der Waals surface area contributed by atoms with Crippen LogP contribution in [0.25, 0.3) is 0 Å². The minimum atomic E-state index is 0.104. The molecule has 74 valence electrons. The van der Waals surface area contributed by atoms with Crippen molar-refractivity contribution >= 4 is 30.1 Å². The molecule has 1 nitrogen and oxygen atoms in total. The lowest BCUT2D eigenvalue weighted by Crippen LogP contribution is -1.94. The molecule has 0 spiro atoms. The normalized spacial score (nSPS) is 9.43. The van der Waals surface area contributed by atoms with E-state index in [-0.39, 0.29) is 6.61 Å². The number of aliphatic hydroxyl groups excluding tert-OH is 1. The van der Waals surface area contributed by atoms with Gasteiger partial charge in [-0.25, -0.2) is 0 Å². The van der Waals surface area contributed by atoms with Crippen LogP contribution >= 0.6 is 30.1 Å². The SMILES string of the molecule is Cc1cc(C#CSI)cc(C)c1CO. The van der Waals surface area contributed by atoms with Crippen LogP contribution in [0.1, 0.15) is 22.3 Å². The highest BCUT2D eigenvalue weighted by atomic mass is 127. The van der Waals surface area contributed by atoms with Crippen LogP contribution in [0, 0.1) is 25.0 Å². The number of aryl methyl sites for hydroxylation is 2. The molecule has 3 heteroatoms. The molecule has 14 heavy (non-hydrogen) atoms. The Morgan fingerprint density at radius 1 is 1.36 bits per heavy atom. The lowest BCUT2D eigenvalue weighted by Gasteiger charge is -2.07. The Balaban J connectivity index is 3.14. The standard InChI is InChI=1S/C11H11IOS/c1-8-5-10(3-4-14-12)6-9(2)11(8)7-13/h5-6,13H,7H2,1-2H3. The Kier molecular flexibility index (Phi) is 4.79. The van der Waals surface area contributed by atoms with Crippen molar-refractivity contribution in [1.82, 2.24) is 0 Å². The van der Waals surface area contributed by atoms with Crippen molar-refractivity contribution in [2.45, 2.75) is 20.5 Å². The van der Waals surface area contributed by atoms with Gasteiger partial charge in [0, 0.05) is 26.8 Å². The Labute approximate surface area is 101 Å². The first-order chi connectivity index (χ1) is 6.69. The lowest BCUT2D eigenvalue weighted by atomic mass is 10.0. The van der Waals surface area contributed by atoms with Crippen LogP contribution in [-0.2, 0) is 6.61 Å². The molecule has 1 N–H and O–H groups in total. The largest absolute Gasteiger partial charge is 0.392 e. The summed E-state index contributed by atoms with van der Waals surface area (Å²) >= 11 is 2.15. The van der Waals surface area contributed by atoms with Gasteiger partial charge in [-0.05, 0) is 56.9 Å². The molecule has 0 fully saturated rings. The van der Waals surface area contributed by atoms with E-state index in [1.165, 1.54) is 8.93 Å². The second kappa shape index (κ2) is 5.64. The smallest absolute Gasteiger partial charge is 0.0687 e. The lowest BCUT2D eigenvalue weighted by molar-refractivity contribution is 0.280. The van der Waals surface area contributed by atoms with E-state index >= 15 is 0 Å². The van der Waals surface area contributed by atoms with E-state index in [1.807, 2.05) is 26.0 Å². The number of benzene rings is 1. The molecular formula is C11H11IOS. The zero-order valence-corrected chi connectivity index (χ0v) is 11.1. The minimum Gasteiger partial charge on any atom is -0.392 e. The van der Waals surface area contributed by atoms with Crippen molar-refractivity contribution in [3.63, 3.8) is 0 Å². The van der Waals surface area contributed by atoms with Crippen molar-refractivity contribution in [1.29, 1.82) is 0 Å². The molecule has 0 aliphatic rings. The van der Waals surface area contributed by atoms with Crippen LogP contribution in [0.3, 0.4) is 0 Å². The van der Waals surface area contributed by atoms with Crippen LogP contribution in [-0.4, -0.2) is 5.11 Å². The third-order valence-electron chi connectivity index (χ3n) is 2.09. The molecule has 1 rings (SSSR count). The molecular weight excluding hydrogens is 307 g/mol. The van der Waals surface area contributed by atoms with Gasteiger partial charge in [-0.15, -0.1) is 0 Å². The Morgan fingerprint density at radius 2 is 1.93 bits per heavy atom. The first-order valence-corrected chi connectivity index (χ1v) is 7.54. The third-order valence-corrected chi connectivity index (χ3v) is 2.93. The molecule has 1 aromatic carbocycles. The first-order valence-electron chi connectivity index (χ1n) is 4.18. The van der Waals surface area contributed by atoms with Crippen molar-refractivity contribution in [2.75, 3.05) is 0 Å². The summed E-state index contributed by atoms with van der Waals surface area (Å²) in [4.78, 5) is 0. The van der Waals surface area contributed by atoms with Gasteiger partial charge in [0.25, 0.3) is 0 Å². The summed E-state index contributed by atoms with van der Waals surface area (Å²) in [5.74, 6) is 3.05. The highest BCUT2D eigenvalue weighted by Gasteiger charge is 2.02. The van der Waals surface area contributed by atoms with Gasteiger partial charge in [0.1, 0.15) is 0 Å². The van der Waals surface area contributed by atoms with Crippen LogP contribution in [0.15, 0.2) is 12.1 Å². The van der Waals surface area contributed by atoms with Crippen molar-refractivity contribution < 1.29 is 5.11 Å². The topological polar surface area (TPSA) is 20.2 Å². The van der Waals surface area contributed by atoms with E-state index in [4.69, 9.17) is 5.11 Å². The number of hydrogen-bond donors (Lipinski definition) is 1. The summed E-state index contributed by atoms with van der Waals surface area (Å²) in [6.45, 7) is 4.11. The third kappa shape index (κ3) is 2.91. The molecule has 1 aromatic rings. The number of hydrogen-bond acceptors (Lipinski definition) is 2. The molecule has 0 aromatic heterocycles. The quantitative estimate of drug-likeness (QED) is 0.634. The zero-order valence-electron chi connectivity index (χ0n) is 8.10. The minimum absolute atomic E-state index is 0.104. The van der Waals surface area contributed by atoms with Gasteiger partial charge in [0.2, 0.25) is 0 Å². The maximum Gasteiger partial charge on any atom is 0.0687 e. The summed E-state index contributed by atoms with van der Waals surface area (Å²) in [5, 5.41) is 12.1. The van der Waals surface area contributed by atoms with Crippen LogP contribution in [0.5, 0.6) is 0 Å². The number of halogens is 1. The van der Waals surface area contributed by atoms with Crippen molar-refractivity contribution in [2.24, 2.45) is 0 Å². The first kappa shape index (κ1) is 11.9. The molecule has 0 aliphatic heterocycles. The summed E-state index contributed by atoms with van der Waals surface area (Å²) in [6.07, 6.45) is 0. The summed E-state index contributed by atoms with van der Waals surface area (Å²) in [6, 6.07) is 4.02. The van der Waals surface area contributed by atoms with Gasteiger partial charge in [-0.1, -0.05) is 5.92 Å². The monoisotopic (exact) mass is 318 g/mol. The Bertz CT molecular complexity index is 367. The fraction of sp³-hybridized carbons (Fsp3) is 0.273. The van der Waals surface area contributed by atoms with Crippen LogP contribution < -0.4 is 0 Å². The molecule has 0 saturated carbocycles. The highest BCUT2D eigenvalue weighted by molar-refractivity contribution is 14.2. The predicted molar refractivity (Wildman–Crippen MR) is 70.3 cm³/mol. The molecule has 0 radical (unpaired) electrons. The van der Waals surface area contributed by atoms with Gasteiger partial charge in [-0.3, -0.25) is 0 Å². The number of aliphatic hydroxyl groups is 1. The Hall–Kier alpha value is -0.180. The van der Waals surface area contributed by atoms with Gasteiger partial charge in [0.05, 0.1) is 6.61 Å². The average molecular weight is 318 g/mol. The van der Waals surface area contributed by atoms with E-state index < -0.39 is 0 Å². The van der Waals surface area contributed by atoms with Gasteiger partial charge >= 0.3 is 0 Å². The van der Waals surface area contributed by atoms with Crippen molar-refractivity contribution in [3.8, 4) is 11.2 Å². The summed E-state index contributed by atoms with van der Waals surface area (Å²) in [5.41, 5.74) is 4.24. The fourth-order valence-corrected chi connectivity index (χ4v) is 1.88. The molecule has 0 aliphatic carbocycles. The van der Waals surface area contributed by atoms with E-state index in [1.54, 1.807) is 0 Å². The zero-order chi connectivity index (χ0) is 10.6. The molecule has 0 unspecified atom stereocenters. The van der Waals surface area contributed by atoms with Gasteiger partial charge in [0.15, 0.2) is 0 Å². The van der Waals surface area contributed by atoms with Gasteiger partial charge < -0.3 is 5.11 Å². The summed E-state index contributed by atoms with van der Waals surface area (Å²) in [7, 11) is 1.48. The second-order valence-electron chi connectivity index (χ2n) is 3.05. The fourth-order valence-electron chi connectivity index (χ4n) is 1.39. The second-order valence-corrected chi connectivity index (χ2v) is 4.73. The predicted octanol–water partition coefficient (Wildman–Crippen LogP) is 3.19. The van der Waals surface area contributed by atoms with E-state index in [9.17, 15) is 0 Å².